The minimum Gasteiger partial charge on any atom is -0.310 e. The Morgan fingerprint density at radius 2 is 2.05 bits per heavy atom. The largest absolute Gasteiger partial charge is 0.310 e. The zero-order valence-electron chi connectivity index (χ0n) is 13.8. The molecule has 6 heteroatoms. The summed E-state index contributed by atoms with van der Waals surface area (Å²) in [5.74, 6) is 0.479. The highest BCUT2D eigenvalue weighted by molar-refractivity contribution is 7.88. The molecule has 0 amide bonds. The van der Waals surface area contributed by atoms with Crippen LogP contribution in [0.4, 0.5) is 0 Å². The van der Waals surface area contributed by atoms with Crippen molar-refractivity contribution in [1.82, 2.24) is 14.5 Å². The van der Waals surface area contributed by atoms with E-state index in [1.807, 2.05) is 0 Å². The van der Waals surface area contributed by atoms with E-state index in [0.717, 1.165) is 45.4 Å². The molecule has 2 unspecified atom stereocenters. The molecule has 0 aliphatic carbocycles. The topological polar surface area (TPSA) is 52.7 Å². The van der Waals surface area contributed by atoms with Gasteiger partial charge in [-0.1, -0.05) is 6.92 Å². The first-order valence-electron chi connectivity index (χ1n) is 8.25. The molecular formula is C15H31N3O2S. The Labute approximate surface area is 130 Å². The molecule has 2 atom stereocenters. The van der Waals surface area contributed by atoms with E-state index in [1.165, 1.54) is 12.7 Å². The predicted molar refractivity (Wildman–Crippen MR) is 86.9 cm³/mol. The highest BCUT2D eigenvalue weighted by atomic mass is 32.2. The molecule has 0 aromatic rings. The van der Waals surface area contributed by atoms with E-state index in [1.54, 1.807) is 4.31 Å². The molecule has 21 heavy (non-hydrogen) atoms. The lowest BCUT2D eigenvalue weighted by molar-refractivity contribution is 0.156. The molecule has 2 heterocycles. The molecule has 2 aliphatic rings. The molecular weight excluding hydrogens is 286 g/mol. The van der Waals surface area contributed by atoms with Crippen LogP contribution in [0.5, 0.6) is 0 Å². The van der Waals surface area contributed by atoms with E-state index in [0.29, 0.717) is 19.0 Å². The van der Waals surface area contributed by atoms with Crippen molar-refractivity contribution in [2.75, 3.05) is 45.5 Å². The molecule has 1 N–H and O–H groups in total. The van der Waals surface area contributed by atoms with Crippen molar-refractivity contribution in [3.8, 4) is 0 Å². The highest BCUT2D eigenvalue weighted by Gasteiger charge is 2.31. The Morgan fingerprint density at radius 1 is 1.29 bits per heavy atom. The van der Waals surface area contributed by atoms with Crippen LogP contribution in [0.2, 0.25) is 0 Å². The fourth-order valence-corrected chi connectivity index (χ4v) is 4.50. The third kappa shape index (κ3) is 4.91. The lowest BCUT2D eigenvalue weighted by atomic mass is 9.96. The number of nitrogens with zero attached hydrogens (tertiary/aromatic N) is 2. The summed E-state index contributed by atoms with van der Waals surface area (Å²) in [4.78, 5) is 2.54. The number of rotatable bonds is 4. The van der Waals surface area contributed by atoms with Crippen LogP contribution >= 0.6 is 0 Å². The second-order valence-corrected chi connectivity index (χ2v) is 9.04. The molecule has 2 fully saturated rings. The Morgan fingerprint density at radius 3 is 2.71 bits per heavy atom. The van der Waals surface area contributed by atoms with E-state index >= 15 is 0 Å². The van der Waals surface area contributed by atoms with Gasteiger partial charge in [0.2, 0.25) is 10.0 Å². The summed E-state index contributed by atoms with van der Waals surface area (Å²) in [5, 5.41) is 3.66. The number of hydrogen-bond acceptors (Lipinski definition) is 4. The van der Waals surface area contributed by atoms with Gasteiger partial charge in [0.15, 0.2) is 0 Å². The SMILES string of the molecule is CCC1(C)CN(CC2CCCN(S(C)(=O)=O)C2)CCCN1. The van der Waals surface area contributed by atoms with Gasteiger partial charge in [-0.15, -0.1) is 0 Å². The third-order valence-corrected chi connectivity index (χ3v) is 6.29. The quantitative estimate of drug-likeness (QED) is 0.844. The van der Waals surface area contributed by atoms with Crippen molar-refractivity contribution in [2.24, 2.45) is 5.92 Å². The van der Waals surface area contributed by atoms with E-state index in [-0.39, 0.29) is 5.54 Å². The standard InChI is InChI=1S/C15H31N3O2S/c1-4-15(2)13-17(9-6-8-16-15)11-14-7-5-10-18(12-14)21(3,19)20/h14,16H,4-13H2,1-3H3. The summed E-state index contributed by atoms with van der Waals surface area (Å²) >= 11 is 0. The van der Waals surface area contributed by atoms with Crippen LogP contribution in [-0.4, -0.2) is 68.7 Å². The van der Waals surface area contributed by atoms with Crippen LogP contribution < -0.4 is 5.32 Å². The minimum atomic E-state index is -3.03. The van der Waals surface area contributed by atoms with Crippen LogP contribution in [0, 0.1) is 5.92 Å². The van der Waals surface area contributed by atoms with Gasteiger partial charge in [0.1, 0.15) is 0 Å². The normalized spacial score (nSPS) is 33.8. The maximum Gasteiger partial charge on any atom is 0.211 e. The Hall–Kier alpha value is -0.170. The molecule has 2 aliphatic heterocycles. The average Bonchev–Trinajstić information content (AvgIpc) is 2.61. The summed E-state index contributed by atoms with van der Waals surface area (Å²) in [6.45, 7) is 10.2. The molecule has 2 rings (SSSR count). The summed E-state index contributed by atoms with van der Waals surface area (Å²) < 4.78 is 25.1. The second-order valence-electron chi connectivity index (χ2n) is 7.06. The number of piperidine rings is 1. The first kappa shape index (κ1) is 17.2. The van der Waals surface area contributed by atoms with Crippen molar-refractivity contribution in [3.05, 3.63) is 0 Å². The monoisotopic (exact) mass is 317 g/mol. The van der Waals surface area contributed by atoms with E-state index in [9.17, 15) is 8.42 Å². The Bertz CT molecular complexity index is 440. The van der Waals surface area contributed by atoms with Gasteiger partial charge in [-0.2, -0.15) is 0 Å². The van der Waals surface area contributed by atoms with Gasteiger partial charge >= 0.3 is 0 Å². The molecule has 0 saturated carbocycles. The van der Waals surface area contributed by atoms with Gasteiger partial charge in [0.05, 0.1) is 6.26 Å². The van der Waals surface area contributed by atoms with E-state index < -0.39 is 10.0 Å². The number of nitrogens with one attached hydrogen (secondary N) is 1. The number of hydrogen-bond donors (Lipinski definition) is 1. The fraction of sp³-hybridized carbons (Fsp3) is 1.00. The maximum atomic E-state index is 11.7. The first-order valence-corrected chi connectivity index (χ1v) is 10.1. The zero-order chi connectivity index (χ0) is 15.5. The molecule has 5 nitrogen and oxygen atoms in total. The van der Waals surface area contributed by atoms with Gasteiger partial charge in [-0.25, -0.2) is 12.7 Å². The molecule has 0 spiro atoms. The zero-order valence-corrected chi connectivity index (χ0v) is 14.6. The van der Waals surface area contributed by atoms with Crippen LogP contribution in [0.3, 0.4) is 0 Å². The van der Waals surface area contributed by atoms with E-state index in [4.69, 9.17) is 0 Å². The predicted octanol–water partition coefficient (Wildman–Crippen LogP) is 1.12. The molecule has 0 aromatic heterocycles. The summed E-state index contributed by atoms with van der Waals surface area (Å²) in [6.07, 6.45) is 5.79. The van der Waals surface area contributed by atoms with Gasteiger partial charge in [0, 0.05) is 31.7 Å². The van der Waals surface area contributed by atoms with Gasteiger partial charge < -0.3 is 10.2 Å². The molecule has 2 saturated heterocycles. The third-order valence-electron chi connectivity index (χ3n) is 5.02. The van der Waals surface area contributed by atoms with Crippen molar-refractivity contribution in [3.63, 3.8) is 0 Å². The molecule has 124 valence electrons. The first-order chi connectivity index (χ1) is 9.82. The average molecular weight is 317 g/mol. The van der Waals surface area contributed by atoms with Crippen molar-refractivity contribution < 1.29 is 8.42 Å². The van der Waals surface area contributed by atoms with Gasteiger partial charge in [-0.3, -0.25) is 0 Å². The lowest BCUT2D eigenvalue weighted by Crippen LogP contribution is -2.50. The van der Waals surface area contributed by atoms with Crippen LogP contribution in [0.15, 0.2) is 0 Å². The van der Waals surface area contributed by atoms with Gasteiger partial charge in [0.25, 0.3) is 0 Å². The summed E-state index contributed by atoms with van der Waals surface area (Å²) in [6, 6.07) is 0. The smallest absolute Gasteiger partial charge is 0.211 e. The Kier molecular flexibility index (Phi) is 5.68. The Balaban J connectivity index is 1.94. The van der Waals surface area contributed by atoms with E-state index in [2.05, 4.69) is 24.1 Å². The van der Waals surface area contributed by atoms with Crippen molar-refractivity contribution >= 4 is 10.0 Å². The van der Waals surface area contributed by atoms with Crippen LogP contribution in [0.1, 0.15) is 39.5 Å². The van der Waals surface area contributed by atoms with Crippen LogP contribution in [0.25, 0.3) is 0 Å². The van der Waals surface area contributed by atoms with Crippen molar-refractivity contribution in [2.45, 2.75) is 45.1 Å². The number of sulfonamides is 1. The summed E-state index contributed by atoms with van der Waals surface area (Å²) in [7, 11) is -3.03. The fourth-order valence-electron chi connectivity index (χ4n) is 3.56. The highest BCUT2D eigenvalue weighted by Crippen LogP contribution is 2.22. The molecule has 0 bridgehead atoms. The lowest BCUT2D eigenvalue weighted by Gasteiger charge is -2.37. The van der Waals surface area contributed by atoms with Gasteiger partial charge in [-0.05, 0) is 51.6 Å². The summed E-state index contributed by atoms with van der Waals surface area (Å²) in [5.41, 5.74) is 0.196. The second kappa shape index (κ2) is 6.94. The van der Waals surface area contributed by atoms with Crippen LogP contribution in [-0.2, 0) is 10.0 Å². The molecule has 0 radical (unpaired) electrons. The molecule has 0 aromatic carbocycles. The minimum absolute atomic E-state index is 0.196. The van der Waals surface area contributed by atoms with Crippen molar-refractivity contribution in [1.29, 1.82) is 0 Å². The maximum absolute atomic E-state index is 11.7.